The smallest absolute Gasteiger partial charge is 0.270 e. The average Bonchev–Trinajstić information content (AvgIpc) is 3.53. The molecule has 2 amide bonds. The van der Waals surface area contributed by atoms with Crippen LogP contribution in [0.25, 0.3) is 5.65 Å². The van der Waals surface area contributed by atoms with Crippen molar-refractivity contribution < 1.29 is 27.9 Å². The third-order valence-electron chi connectivity index (χ3n) is 6.74. The van der Waals surface area contributed by atoms with Gasteiger partial charge in [0.2, 0.25) is 0 Å². The van der Waals surface area contributed by atoms with Crippen LogP contribution < -0.4 is 15.4 Å². The molecule has 1 aliphatic carbocycles. The van der Waals surface area contributed by atoms with E-state index >= 15 is 0 Å². The number of amides is 2. The van der Waals surface area contributed by atoms with E-state index in [0.29, 0.717) is 35.4 Å². The van der Waals surface area contributed by atoms with Gasteiger partial charge in [-0.15, -0.1) is 0 Å². The average molecular weight is 517 g/mol. The Morgan fingerprint density at radius 2 is 1.89 bits per heavy atom. The molecule has 0 spiro atoms. The van der Waals surface area contributed by atoms with Crippen LogP contribution in [-0.2, 0) is 24.2 Å². The molecule has 192 valence electrons. The maximum atomic E-state index is 13.8. The number of aromatic nitrogens is 3. The van der Waals surface area contributed by atoms with Gasteiger partial charge in [0, 0.05) is 30.7 Å². The molecule has 2 N–H and O–H groups in total. The number of carbonyl (C=O) groups excluding carboxylic acids is 3. The zero-order valence-corrected chi connectivity index (χ0v) is 20.0. The Morgan fingerprint density at radius 3 is 2.76 bits per heavy atom. The van der Waals surface area contributed by atoms with Crippen LogP contribution in [0.2, 0.25) is 0 Å². The molecule has 3 heterocycles. The number of nitrogens with one attached hydrogen (secondary N) is 2. The molecule has 11 heteroatoms. The van der Waals surface area contributed by atoms with Crippen molar-refractivity contribution in [1.29, 1.82) is 0 Å². The largest absolute Gasteiger partial charge is 0.486 e. The Labute approximate surface area is 214 Å². The van der Waals surface area contributed by atoms with Crippen LogP contribution in [0.15, 0.2) is 48.7 Å². The number of benzene rings is 2. The van der Waals surface area contributed by atoms with Crippen LogP contribution >= 0.6 is 0 Å². The van der Waals surface area contributed by atoms with Gasteiger partial charge in [-0.25, -0.2) is 18.3 Å². The fourth-order valence-electron chi connectivity index (χ4n) is 4.89. The molecule has 0 unspecified atom stereocenters. The minimum atomic E-state index is -0.972. The van der Waals surface area contributed by atoms with Gasteiger partial charge in [0.15, 0.2) is 23.1 Å². The SMILES string of the molecule is O=C1COc2ccc(CNC(=O)c3cc(C(=O)N[C@H]4CCc5cc(F)c(F)cc54)n4nccc4n3)cc2C1. The van der Waals surface area contributed by atoms with E-state index in [1.54, 1.807) is 18.2 Å². The standard InChI is InChI=1S/C27H21F2N5O4/c28-19-9-15-2-3-21(18(15)10-20(19)29)33-27(37)23-11-22(32-25-5-6-31-34(23)25)26(36)30-12-14-1-4-24-16(7-14)8-17(35)13-38-24/h1,4-7,9-11,21H,2-3,8,12-13H2,(H,30,36)(H,33,37)/t21-/m0/s1. The Kier molecular flexibility index (Phi) is 5.82. The quantitative estimate of drug-likeness (QED) is 0.421. The van der Waals surface area contributed by atoms with Crippen LogP contribution in [0, 0.1) is 11.6 Å². The third kappa shape index (κ3) is 4.36. The first-order valence-corrected chi connectivity index (χ1v) is 12.0. The molecule has 2 aliphatic rings. The highest BCUT2D eigenvalue weighted by Gasteiger charge is 2.28. The number of halogens is 2. The van der Waals surface area contributed by atoms with Crippen molar-refractivity contribution in [2.75, 3.05) is 6.61 Å². The third-order valence-corrected chi connectivity index (χ3v) is 6.74. The van der Waals surface area contributed by atoms with E-state index < -0.39 is 29.5 Å². The lowest BCUT2D eigenvalue weighted by Crippen LogP contribution is -2.30. The van der Waals surface area contributed by atoms with Crippen LogP contribution in [0.1, 0.15) is 55.7 Å². The van der Waals surface area contributed by atoms with E-state index in [1.807, 2.05) is 6.07 Å². The molecule has 2 aromatic heterocycles. The normalized spacial score (nSPS) is 16.1. The summed E-state index contributed by atoms with van der Waals surface area (Å²) in [7, 11) is 0. The number of carbonyl (C=O) groups is 3. The molecule has 0 radical (unpaired) electrons. The predicted octanol–water partition coefficient (Wildman–Crippen LogP) is 2.86. The van der Waals surface area contributed by atoms with Crippen molar-refractivity contribution >= 4 is 23.2 Å². The number of aryl methyl sites for hydroxylation is 1. The van der Waals surface area contributed by atoms with E-state index in [1.165, 1.54) is 16.8 Å². The predicted molar refractivity (Wildman–Crippen MR) is 130 cm³/mol. The van der Waals surface area contributed by atoms with Crippen molar-refractivity contribution in [3.8, 4) is 5.75 Å². The first-order valence-electron chi connectivity index (χ1n) is 12.0. The monoisotopic (exact) mass is 517 g/mol. The zero-order chi connectivity index (χ0) is 26.4. The summed E-state index contributed by atoms with van der Waals surface area (Å²) < 4.78 is 34.2. The summed E-state index contributed by atoms with van der Waals surface area (Å²) in [6.07, 6.45) is 2.73. The van der Waals surface area contributed by atoms with E-state index in [2.05, 4.69) is 20.7 Å². The van der Waals surface area contributed by atoms with Crippen molar-refractivity contribution in [2.45, 2.75) is 31.8 Å². The van der Waals surface area contributed by atoms with Gasteiger partial charge in [0.25, 0.3) is 11.8 Å². The number of rotatable bonds is 5. The summed E-state index contributed by atoms with van der Waals surface area (Å²) in [5.41, 5.74) is 3.10. The number of Topliss-reactive ketones (excluding diaryl/α,β-unsaturated/α-hetero) is 1. The number of ketones is 1. The second kappa shape index (κ2) is 9.33. The van der Waals surface area contributed by atoms with Gasteiger partial charge in [0.05, 0.1) is 12.2 Å². The van der Waals surface area contributed by atoms with Gasteiger partial charge in [-0.2, -0.15) is 5.10 Å². The molecule has 2 aromatic carbocycles. The number of fused-ring (bicyclic) bond motifs is 3. The van der Waals surface area contributed by atoms with Crippen LogP contribution in [0.5, 0.6) is 5.75 Å². The molecule has 1 atom stereocenters. The maximum absolute atomic E-state index is 13.8. The van der Waals surface area contributed by atoms with E-state index in [0.717, 1.165) is 23.3 Å². The van der Waals surface area contributed by atoms with Gasteiger partial charge in [0.1, 0.15) is 23.7 Å². The lowest BCUT2D eigenvalue weighted by molar-refractivity contribution is -0.121. The summed E-state index contributed by atoms with van der Waals surface area (Å²) in [6, 6.07) is 10.0. The van der Waals surface area contributed by atoms with Gasteiger partial charge < -0.3 is 15.4 Å². The summed E-state index contributed by atoms with van der Waals surface area (Å²) >= 11 is 0. The van der Waals surface area contributed by atoms with Crippen molar-refractivity contribution in [1.82, 2.24) is 25.2 Å². The van der Waals surface area contributed by atoms with Gasteiger partial charge in [-0.3, -0.25) is 14.4 Å². The summed E-state index contributed by atoms with van der Waals surface area (Å²) in [4.78, 5) is 42.2. The molecule has 9 nitrogen and oxygen atoms in total. The van der Waals surface area contributed by atoms with Crippen molar-refractivity contribution in [2.24, 2.45) is 0 Å². The molecule has 0 saturated carbocycles. The Balaban J connectivity index is 1.21. The summed E-state index contributed by atoms with van der Waals surface area (Å²) in [5, 5.41) is 9.78. The first-order chi connectivity index (χ1) is 18.4. The highest BCUT2D eigenvalue weighted by Crippen LogP contribution is 2.33. The Morgan fingerprint density at radius 1 is 1.05 bits per heavy atom. The van der Waals surface area contributed by atoms with Gasteiger partial charge in [-0.1, -0.05) is 6.07 Å². The fraction of sp³-hybridized carbons (Fsp3) is 0.222. The topological polar surface area (TPSA) is 115 Å². The van der Waals surface area contributed by atoms with Crippen molar-refractivity contribution in [3.63, 3.8) is 0 Å². The zero-order valence-electron chi connectivity index (χ0n) is 20.0. The second-order valence-corrected chi connectivity index (χ2v) is 9.29. The van der Waals surface area contributed by atoms with Gasteiger partial charge in [-0.05, 0) is 53.8 Å². The highest BCUT2D eigenvalue weighted by molar-refractivity contribution is 5.98. The molecule has 0 fully saturated rings. The Bertz CT molecular complexity index is 1630. The van der Waals surface area contributed by atoms with Crippen molar-refractivity contribution in [3.05, 3.63) is 93.9 Å². The van der Waals surface area contributed by atoms with Crippen LogP contribution in [0.3, 0.4) is 0 Å². The lowest BCUT2D eigenvalue weighted by atomic mass is 10.0. The molecule has 6 rings (SSSR count). The summed E-state index contributed by atoms with van der Waals surface area (Å²) in [6.45, 7) is 0.235. The van der Waals surface area contributed by atoms with Crippen LogP contribution in [-0.4, -0.2) is 38.8 Å². The number of hydrogen-bond acceptors (Lipinski definition) is 6. The molecule has 1 aliphatic heterocycles. The second-order valence-electron chi connectivity index (χ2n) is 9.29. The lowest BCUT2D eigenvalue weighted by Gasteiger charge is -2.17. The molecule has 4 aromatic rings. The molecule has 38 heavy (non-hydrogen) atoms. The fourth-order valence-corrected chi connectivity index (χ4v) is 4.89. The highest BCUT2D eigenvalue weighted by atomic mass is 19.2. The van der Waals surface area contributed by atoms with E-state index in [9.17, 15) is 23.2 Å². The molecule has 0 bridgehead atoms. The summed E-state index contributed by atoms with van der Waals surface area (Å²) in [5.74, 6) is -2.29. The maximum Gasteiger partial charge on any atom is 0.270 e. The minimum absolute atomic E-state index is 0.0128. The van der Waals surface area contributed by atoms with Crippen LogP contribution in [0.4, 0.5) is 8.78 Å². The molecular formula is C27H21F2N5O4. The van der Waals surface area contributed by atoms with E-state index in [-0.39, 0.29) is 36.7 Å². The van der Waals surface area contributed by atoms with Gasteiger partial charge >= 0.3 is 0 Å². The first kappa shape index (κ1) is 23.7. The molecular weight excluding hydrogens is 496 g/mol. The number of nitrogens with zero attached hydrogens (tertiary/aromatic N) is 3. The number of hydrogen-bond donors (Lipinski definition) is 2. The van der Waals surface area contributed by atoms with E-state index in [4.69, 9.17) is 4.74 Å². The number of ether oxygens (including phenoxy) is 1. The Hall–Kier alpha value is -4.67. The molecule has 0 saturated heterocycles. The minimum Gasteiger partial charge on any atom is -0.486 e.